The molecule has 4 nitrogen and oxygen atoms in total. The van der Waals surface area contributed by atoms with Gasteiger partial charge in [0.05, 0.1) is 16.7 Å². The Morgan fingerprint density at radius 2 is 0.911 bits per heavy atom. The Labute approximate surface area is 467 Å². The molecule has 0 radical (unpaired) electrons. The van der Waals surface area contributed by atoms with E-state index < -0.39 is 0 Å². The summed E-state index contributed by atoms with van der Waals surface area (Å²) in [5.41, 5.74) is 23.8. The maximum Gasteiger partial charge on any atom is 0.198 e. The highest BCUT2D eigenvalue weighted by atomic mass is 15.2. The van der Waals surface area contributed by atoms with Gasteiger partial charge in [0.15, 0.2) is 7.28 Å². The number of hydrogen-bond acceptors (Lipinski definition) is 3. The first-order valence-electron chi connectivity index (χ1n) is 28.7. The standard InChI is InChI=1S/C74H69BN4/c1-71(2)37-38-72(3,4)60-43-50(33-35-59(60)71)76-64-36-34-55(77(51-25-13-9-14-26-51)52-27-15-10-16-28-52)44-56(64)57-45-67(78(53-29-17-11-18-30-53)54-31-19-12-20-32-54)68-58-41-48-23-21-22-24-49(48)42-65(58)79-66-47-62-61(46-63(66)75-69(57)70(68)79)73(5,6)39-40-74(62,7)8/h9-36,41-47,75-76H,37-40H2,1-8H3. The molecule has 0 spiro atoms. The number of nitrogens with zero attached hydrogens (tertiary/aromatic N) is 3. The molecule has 11 aromatic rings. The van der Waals surface area contributed by atoms with Crippen molar-refractivity contribution in [2.75, 3.05) is 15.1 Å². The van der Waals surface area contributed by atoms with Crippen LogP contribution in [0.3, 0.4) is 0 Å². The summed E-state index contributed by atoms with van der Waals surface area (Å²) >= 11 is 0. The van der Waals surface area contributed by atoms with Gasteiger partial charge in [-0.2, -0.15) is 0 Å². The highest BCUT2D eigenvalue weighted by Crippen LogP contribution is 2.52. The van der Waals surface area contributed by atoms with E-state index in [1.807, 2.05) is 0 Å². The molecule has 0 bridgehead atoms. The number of hydrogen-bond donors (Lipinski definition) is 1. The molecule has 0 amide bonds. The average Bonchev–Trinajstić information content (AvgIpc) is 3.90. The fourth-order valence-electron chi connectivity index (χ4n) is 14.0. The Hall–Kier alpha value is -8.28. The number of para-hydroxylation sites is 4. The summed E-state index contributed by atoms with van der Waals surface area (Å²) in [6, 6.07) is 79.8. The first-order chi connectivity index (χ1) is 38.1. The zero-order valence-electron chi connectivity index (χ0n) is 47.1. The van der Waals surface area contributed by atoms with Gasteiger partial charge in [0.25, 0.3) is 0 Å². The fourth-order valence-corrected chi connectivity index (χ4v) is 14.0. The van der Waals surface area contributed by atoms with E-state index in [9.17, 15) is 0 Å². The summed E-state index contributed by atoms with van der Waals surface area (Å²) in [6.45, 7) is 19.6. The lowest BCUT2D eigenvalue weighted by molar-refractivity contribution is 0.332. The van der Waals surface area contributed by atoms with E-state index >= 15 is 0 Å². The minimum Gasteiger partial charge on any atom is -0.355 e. The van der Waals surface area contributed by atoms with Gasteiger partial charge in [0, 0.05) is 61.8 Å². The van der Waals surface area contributed by atoms with E-state index in [2.05, 4.69) is 287 Å². The molecule has 0 unspecified atom stereocenters. The largest absolute Gasteiger partial charge is 0.355 e. The van der Waals surface area contributed by atoms with Crippen LogP contribution in [0.5, 0.6) is 0 Å². The van der Waals surface area contributed by atoms with E-state index in [0.29, 0.717) is 0 Å². The van der Waals surface area contributed by atoms with Crippen molar-refractivity contribution in [2.45, 2.75) is 103 Å². The highest BCUT2D eigenvalue weighted by Gasteiger charge is 2.41. The molecule has 1 aliphatic heterocycles. The van der Waals surface area contributed by atoms with E-state index in [0.717, 1.165) is 77.6 Å². The molecular weight excluding hydrogens is 956 g/mol. The van der Waals surface area contributed by atoms with Crippen molar-refractivity contribution in [1.29, 1.82) is 0 Å². The molecule has 0 saturated heterocycles. The molecule has 10 aromatic carbocycles. The lowest BCUT2D eigenvalue weighted by Crippen LogP contribution is -2.41. The molecule has 14 rings (SSSR count). The number of benzene rings is 10. The van der Waals surface area contributed by atoms with Crippen LogP contribution in [-0.2, 0) is 21.7 Å². The molecule has 3 aliphatic rings. The quantitative estimate of drug-likeness (QED) is 0.146. The Morgan fingerprint density at radius 3 is 1.48 bits per heavy atom. The van der Waals surface area contributed by atoms with Crippen LogP contribution in [-0.4, -0.2) is 11.8 Å². The Balaban J connectivity index is 1.13. The number of fused-ring (bicyclic) bond motifs is 8. The predicted molar refractivity (Wildman–Crippen MR) is 340 cm³/mol. The van der Waals surface area contributed by atoms with Gasteiger partial charge in [-0.05, 0) is 195 Å². The van der Waals surface area contributed by atoms with Gasteiger partial charge in [-0.1, -0.05) is 170 Å². The number of nitrogens with one attached hydrogen (secondary N) is 1. The van der Waals surface area contributed by atoms with Crippen molar-refractivity contribution < 1.29 is 0 Å². The first-order valence-corrected chi connectivity index (χ1v) is 28.7. The zero-order chi connectivity index (χ0) is 54.0. The van der Waals surface area contributed by atoms with Gasteiger partial charge < -0.3 is 19.7 Å². The Bertz CT molecular complexity index is 4110. The summed E-state index contributed by atoms with van der Waals surface area (Å²) < 4.78 is 2.69. The maximum atomic E-state index is 4.17. The average molecular weight is 1030 g/mol. The summed E-state index contributed by atoms with van der Waals surface area (Å²) in [4.78, 5) is 4.93. The number of anilines is 8. The van der Waals surface area contributed by atoms with Crippen LogP contribution in [0, 0.1) is 0 Å². The van der Waals surface area contributed by atoms with Crippen LogP contribution in [0.15, 0.2) is 212 Å². The van der Waals surface area contributed by atoms with E-state index in [-0.39, 0.29) is 21.7 Å². The van der Waals surface area contributed by atoms with Gasteiger partial charge in [0.1, 0.15) is 0 Å². The van der Waals surface area contributed by atoms with Gasteiger partial charge in [-0.15, -0.1) is 0 Å². The predicted octanol–water partition coefficient (Wildman–Crippen LogP) is 18.7. The maximum absolute atomic E-state index is 4.17. The van der Waals surface area contributed by atoms with Crippen molar-refractivity contribution in [3.05, 3.63) is 235 Å². The van der Waals surface area contributed by atoms with Crippen molar-refractivity contribution in [3.8, 4) is 16.8 Å². The lowest BCUT2D eigenvalue weighted by Gasteiger charge is -2.43. The van der Waals surface area contributed by atoms with Crippen molar-refractivity contribution >= 4 is 96.3 Å². The van der Waals surface area contributed by atoms with Gasteiger partial charge in [-0.25, -0.2) is 0 Å². The van der Waals surface area contributed by atoms with Crippen molar-refractivity contribution in [3.63, 3.8) is 0 Å². The van der Waals surface area contributed by atoms with Gasteiger partial charge in [0.2, 0.25) is 0 Å². The first kappa shape index (κ1) is 49.1. The third kappa shape index (κ3) is 8.10. The smallest absolute Gasteiger partial charge is 0.198 e. The normalized spacial score (nSPS) is 16.2. The molecule has 5 heteroatoms. The molecule has 388 valence electrons. The van der Waals surface area contributed by atoms with Crippen LogP contribution >= 0.6 is 0 Å². The third-order valence-corrected chi connectivity index (χ3v) is 18.6. The van der Waals surface area contributed by atoms with Gasteiger partial charge in [-0.3, -0.25) is 0 Å². The second kappa shape index (κ2) is 18.1. The summed E-state index contributed by atoms with van der Waals surface area (Å²) in [5, 5.41) is 9.16. The topological polar surface area (TPSA) is 23.4 Å². The Kier molecular flexibility index (Phi) is 11.3. The second-order valence-corrected chi connectivity index (χ2v) is 25.6. The highest BCUT2D eigenvalue weighted by molar-refractivity contribution is 6.73. The summed E-state index contributed by atoms with van der Waals surface area (Å²) in [5.74, 6) is 0. The van der Waals surface area contributed by atoms with E-state index in [4.69, 9.17) is 0 Å². The van der Waals surface area contributed by atoms with E-state index in [1.165, 1.54) is 83.4 Å². The van der Waals surface area contributed by atoms with Gasteiger partial charge >= 0.3 is 0 Å². The van der Waals surface area contributed by atoms with Crippen LogP contribution < -0.4 is 26.0 Å². The van der Waals surface area contributed by atoms with Crippen LogP contribution in [0.2, 0.25) is 0 Å². The summed E-state index contributed by atoms with van der Waals surface area (Å²) in [7, 11) is 0.782. The van der Waals surface area contributed by atoms with Crippen molar-refractivity contribution in [2.24, 2.45) is 0 Å². The van der Waals surface area contributed by atoms with E-state index in [1.54, 1.807) is 0 Å². The molecule has 2 aliphatic carbocycles. The summed E-state index contributed by atoms with van der Waals surface area (Å²) in [6.07, 6.45) is 4.64. The van der Waals surface area contributed by atoms with Crippen LogP contribution in [0.1, 0.15) is 103 Å². The molecule has 2 heterocycles. The van der Waals surface area contributed by atoms with Crippen LogP contribution in [0.4, 0.5) is 45.5 Å². The molecule has 0 saturated carbocycles. The zero-order valence-corrected chi connectivity index (χ0v) is 47.1. The number of aromatic nitrogens is 1. The Morgan fingerprint density at radius 1 is 0.418 bits per heavy atom. The molecule has 0 atom stereocenters. The number of rotatable bonds is 9. The lowest BCUT2D eigenvalue weighted by atomic mass is 9.55. The third-order valence-electron chi connectivity index (χ3n) is 18.6. The molecule has 1 N–H and O–H groups in total. The second-order valence-electron chi connectivity index (χ2n) is 25.6. The minimum absolute atomic E-state index is 0.0331. The fraction of sp³-hybridized carbons (Fsp3) is 0.216. The molecule has 1 aromatic heterocycles. The molecule has 79 heavy (non-hydrogen) atoms. The molecule has 0 fully saturated rings. The van der Waals surface area contributed by atoms with Crippen molar-refractivity contribution in [1.82, 2.24) is 4.57 Å². The monoisotopic (exact) mass is 1020 g/mol. The van der Waals surface area contributed by atoms with Crippen LogP contribution in [0.25, 0.3) is 49.4 Å². The minimum atomic E-state index is 0.0331. The SMILES string of the molecule is CC1(C)CCC(C)(C)c2cc(Nc3ccc(N(c4ccccc4)c4ccccc4)cc3-c3cc(N(c4ccccc4)c4ccccc4)c4c5cc6ccccc6cc5n5c4c3Bc3cc4c(cc3-5)C(C)(C)CCC4(C)C)ccc21. The molecular formula is C74H69BN4.